The molecule has 0 bridgehead atoms. The molecule has 4 rings (SSSR count). The SMILES string of the molecule is Cc1cc([O-])c(C[NH+]2CCN(CCO)CC2)c2c1C(=O)C(=Cc1cccnc1)O2. The number of aryl methyl sites for hydroxylation is 1. The molecule has 1 aromatic carbocycles. The quantitative estimate of drug-likeness (QED) is 0.680. The van der Waals surface area contributed by atoms with E-state index >= 15 is 0 Å². The van der Waals surface area contributed by atoms with Crippen LogP contribution < -0.4 is 14.7 Å². The van der Waals surface area contributed by atoms with Gasteiger partial charge in [0.25, 0.3) is 0 Å². The highest BCUT2D eigenvalue weighted by molar-refractivity contribution is 6.15. The summed E-state index contributed by atoms with van der Waals surface area (Å²) in [4.78, 5) is 20.5. The van der Waals surface area contributed by atoms with Crippen molar-refractivity contribution in [1.82, 2.24) is 9.88 Å². The number of ketones is 1. The fourth-order valence-electron chi connectivity index (χ4n) is 4.01. The molecule has 0 amide bonds. The minimum atomic E-state index is -0.189. The summed E-state index contributed by atoms with van der Waals surface area (Å²) in [5, 5.41) is 21.8. The van der Waals surface area contributed by atoms with Crippen LogP contribution in [0.2, 0.25) is 0 Å². The van der Waals surface area contributed by atoms with Crippen LogP contribution in [0.15, 0.2) is 36.4 Å². The Labute approximate surface area is 169 Å². The number of aliphatic hydroxyl groups is 1. The topological polar surface area (TPSA) is 90.2 Å². The number of piperazine rings is 1. The number of Topliss-reactive ketones (excluding diaryl/α,β-unsaturated/α-hetero) is 1. The van der Waals surface area contributed by atoms with Gasteiger partial charge < -0.3 is 19.8 Å². The number of hydrogen-bond acceptors (Lipinski definition) is 6. The summed E-state index contributed by atoms with van der Waals surface area (Å²) in [5.74, 6) is 0.374. The van der Waals surface area contributed by atoms with E-state index in [1.807, 2.05) is 6.07 Å². The van der Waals surface area contributed by atoms with Gasteiger partial charge >= 0.3 is 0 Å². The molecule has 2 aliphatic rings. The molecule has 0 radical (unpaired) electrons. The maximum atomic E-state index is 12.9. The molecule has 29 heavy (non-hydrogen) atoms. The van der Waals surface area contributed by atoms with E-state index in [0.717, 1.165) is 31.7 Å². The van der Waals surface area contributed by atoms with Crippen LogP contribution in [0.5, 0.6) is 11.5 Å². The fourth-order valence-corrected chi connectivity index (χ4v) is 4.01. The Morgan fingerprint density at radius 2 is 2.17 bits per heavy atom. The molecule has 0 aliphatic carbocycles. The lowest BCUT2D eigenvalue weighted by atomic mass is 9.99. The van der Waals surface area contributed by atoms with Gasteiger partial charge in [0.2, 0.25) is 5.78 Å². The van der Waals surface area contributed by atoms with Crippen molar-refractivity contribution in [3.8, 4) is 11.5 Å². The van der Waals surface area contributed by atoms with Crippen molar-refractivity contribution >= 4 is 11.9 Å². The zero-order valence-corrected chi connectivity index (χ0v) is 16.5. The molecule has 152 valence electrons. The van der Waals surface area contributed by atoms with Crippen molar-refractivity contribution < 1.29 is 24.6 Å². The molecule has 3 heterocycles. The first-order valence-corrected chi connectivity index (χ1v) is 9.91. The summed E-state index contributed by atoms with van der Waals surface area (Å²) in [6.45, 7) is 6.67. The number of aromatic nitrogens is 1. The molecule has 7 nitrogen and oxygen atoms in total. The number of rotatable bonds is 5. The van der Waals surface area contributed by atoms with Crippen LogP contribution in [0, 0.1) is 6.92 Å². The van der Waals surface area contributed by atoms with Gasteiger partial charge in [-0.05, 0) is 30.2 Å². The number of β-amino-alcohol motifs (C(OH)–C–C–N with tert-alkyl or cyclic N) is 1. The lowest BCUT2D eigenvalue weighted by Gasteiger charge is -2.32. The normalized spacial score (nSPS) is 18.8. The predicted molar refractivity (Wildman–Crippen MR) is 106 cm³/mol. The molecule has 2 N–H and O–H groups in total. The summed E-state index contributed by atoms with van der Waals surface area (Å²) < 4.78 is 5.94. The molecule has 0 atom stereocenters. The Morgan fingerprint density at radius 1 is 1.38 bits per heavy atom. The smallest absolute Gasteiger partial charge is 0.232 e. The van der Waals surface area contributed by atoms with Gasteiger partial charge in [-0.15, -0.1) is 0 Å². The van der Waals surface area contributed by atoms with E-state index in [4.69, 9.17) is 9.84 Å². The first kappa shape index (κ1) is 19.6. The second-order valence-electron chi connectivity index (χ2n) is 7.59. The lowest BCUT2D eigenvalue weighted by molar-refractivity contribution is -0.918. The van der Waals surface area contributed by atoms with Gasteiger partial charge in [0, 0.05) is 37.6 Å². The number of carbonyl (C=O) groups excluding carboxylic acids is 1. The first-order chi connectivity index (χ1) is 14.1. The van der Waals surface area contributed by atoms with E-state index in [9.17, 15) is 9.90 Å². The number of quaternary nitrogens is 1. The Bertz CT molecular complexity index is 935. The van der Waals surface area contributed by atoms with Gasteiger partial charge in [0.1, 0.15) is 12.3 Å². The minimum Gasteiger partial charge on any atom is -0.872 e. The monoisotopic (exact) mass is 395 g/mol. The van der Waals surface area contributed by atoms with Crippen molar-refractivity contribution in [2.75, 3.05) is 39.3 Å². The third kappa shape index (κ3) is 4.03. The second kappa shape index (κ2) is 8.32. The molecule has 0 saturated carbocycles. The Morgan fingerprint density at radius 3 is 2.86 bits per heavy atom. The number of ether oxygens (including phenoxy) is 1. The van der Waals surface area contributed by atoms with E-state index in [2.05, 4.69) is 9.88 Å². The number of aliphatic hydroxyl groups excluding tert-OH is 1. The van der Waals surface area contributed by atoms with Crippen molar-refractivity contribution in [2.24, 2.45) is 0 Å². The zero-order chi connectivity index (χ0) is 20.4. The number of carbonyl (C=O) groups is 1. The summed E-state index contributed by atoms with van der Waals surface area (Å²) in [7, 11) is 0. The number of hydrogen-bond donors (Lipinski definition) is 2. The zero-order valence-electron chi connectivity index (χ0n) is 16.5. The van der Waals surface area contributed by atoms with Gasteiger partial charge in [-0.1, -0.05) is 17.9 Å². The highest BCUT2D eigenvalue weighted by Gasteiger charge is 2.33. The fraction of sp³-hybridized carbons (Fsp3) is 0.364. The molecular weight excluding hydrogens is 370 g/mol. The van der Waals surface area contributed by atoms with Crippen LogP contribution in [0.25, 0.3) is 6.08 Å². The van der Waals surface area contributed by atoms with Crippen LogP contribution in [-0.4, -0.2) is 60.1 Å². The summed E-state index contributed by atoms with van der Waals surface area (Å²) in [6.07, 6.45) is 5.00. The van der Waals surface area contributed by atoms with E-state index in [1.54, 1.807) is 37.5 Å². The number of benzene rings is 1. The molecule has 1 fully saturated rings. The number of fused-ring (bicyclic) bond motifs is 1. The molecule has 1 saturated heterocycles. The molecule has 1 aromatic heterocycles. The van der Waals surface area contributed by atoms with Crippen LogP contribution >= 0.6 is 0 Å². The number of nitrogens with one attached hydrogen (secondary N) is 1. The van der Waals surface area contributed by atoms with Crippen molar-refractivity contribution in [1.29, 1.82) is 0 Å². The van der Waals surface area contributed by atoms with Crippen LogP contribution in [0.1, 0.15) is 27.0 Å². The number of allylic oxidation sites excluding steroid dienone is 1. The lowest BCUT2D eigenvalue weighted by Crippen LogP contribution is -3.13. The maximum absolute atomic E-state index is 12.9. The summed E-state index contributed by atoms with van der Waals surface area (Å²) in [6, 6.07) is 5.19. The third-order valence-electron chi connectivity index (χ3n) is 5.59. The Kier molecular flexibility index (Phi) is 5.62. The summed E-state index contributed by atoms with van der Waals surface area (Å²) in [5.41, 5.74) is 2.49. The van der Waals surface area contributed by atoms with Gasteiger partial charge in [-0.25, -0.2) is 0 Å². The van der Waals surface area contributed by atoms with Crippen molar-refractivity contribution in [3.05, 3.63) is 58.6 Å². The largest absolute Gasteiger partial charge is 0.872 e. The summed E-state index contributed by atoms with van der Waals surface area (Å²) >= 11 is 0. The van der Waals surface area contributed by atoms with Gasteiger partial charge in [0.05, 0.1) is 25.3 Å². The Hall–Kier alpha value is -2.74. The van der Waals surface area contributed by atoms with Gasteiger partial charge in [-0.2, -0.15) is 0 Å². The van der Waals surface area contributed by atoms with E-state index in [-0.39, 0.29) is 23.9 Å². The van der Waals surface area contributed by atoms with Crippen molar-refractivity contribution in [2.45, 2.75) is 13.5 Å². The first-order valence-electron chi connectivity index (χ1n) is 9.91. The maximum Gasteiger partial charge on any atom is 0.232 e. The van der Waals surface area contributed by atoms with Crippen LogP contribution in [-0.2, 0) is 6.54 Å². The number of nitrogens with zero attached hydrogens (tertiary/aromatic N) is 2. The molecule has 2 aliphatic heterocycles. The minimum absolute atomic E-state index is 0.0815. The predicted octanol–water partition coefficient (Wildman–Crippen LogP) is -0.227. The van der Waals surface area contributed by atoms with Gasteiger partial charge in [-0.3, -0.25) is 14.7 Å². The average Bonchev–Trinajstić information content (AvgIpc) is 3.04. The standard InChI is InChI=1S/C22H25N3O4/c1-15-11-18(27)17(14-25-7-5-24(6-8-25)9-10-26)22-20(15)21(28)19(29-22)12-16-3-2-4-23-13-16/h2-4,11-13,26-27H,5-10,14H2,1H3. The molecule has 2 aromatic rings. The van der Waals surface area contributed by atoms with E-state index in [0.29, 0.717) is 35.5 Å². The molecule has 7 heteroatoms. The average molecular weight is 395 g/mol. The Balaban J connectivity index is 1.59. The van der Waals surface area contributed by atoms with E-state index in [1.165, 1.54) is 4.90 Å². The third-order valence-corrected chi connectivity index (χ3v) is 5.59. The van der Waals surface area contributed by atoms with E-state index < -0.39 is 0 Å². The molecular formula is C22H25N3O4. The highest BCUT2D eigenvalue weighted by Crippen LogP contribution is 2.40. The second-order valence-corrected chi connectivity index (χ2v) is 7.59. The van der Waals surface area contributed by atoms with Crippen LogP contribution in [0.4, 0.5) is 0 Å². The molecule has 0 spiro atoms. The highest BCUT2D eigenvalue weighted by atomic mass is 16.5. The van der Waals surface area contributed by atoms with Gasteiger partial charge in [0.15, 0.2) is 5.76 Å². The number of pyridine rings is 1. The van der Waals surface area contributed by atoms with Crippen molar-refractivity contribution in [3.63, 3.8) is 0 Å². The molecule has 0 unspecified atom stereocenters. The van der Waals surface area contributed by atoms with Crippen LogP contribution in [0.3, 0.4) is 0 Å².